The van der Waals surface area contributed by atoms with Crippen molar-refractivity contribution >= 4 is 23.3 Å². The Hall–Kier alpha value is -3.67. The van der Waals surface area contributed by atoms with Crippen LogP contribution in [0.4, 0.5) is 16.2 Å². The monoisotopic (exact) mass is 400 g/mol. The third-order valence-electron chi connectivity index (χ3n) is 5.21. The molecule has 1 aromatic heterocycles. The number of para-hydroxylation sites is 2. The Morgan fingerprint density at radius 1 is 0.833 bits per heavy atom. The van der Waals surface area contributed by atoms with Crippen LogP contribution in [0.2, 0.25) is 0 Å². The molecular formula is C24H24N4O2. The van der Waals surface area contributed by atoms with Gasteiger partial charge in [0.05, 0.1) is 28.3 Å². The van der Waals surface area contributed by atoms with Crippen LogP contribution in [-0.4, -0.2) is 34.9 Å². The summed E-state index contributed by atoms with van der Waals surface area (Å²) in [5.41, 5.74) is 4.10. The molecule has 0 radical (unpaired) electrons. The summed E-state index contributed by atoms with van der Waals surface area (Å²) in [5, 5.41) is 5.82. The maximum Gasteiger partial charge on any atom is 0.321 e. The number of benzene rings is 2. The number of likely N-dealkylation sites (tertiary alicyclic amines) is 1. The molecule has 2 heterocycles. The first-order valence-electron chi connectivity index (χ1n) is 10.1. The predicted molar refractivity (Wildman–Crippen MR) is 119 cm³/mol. The minimum absolute atomic E-state index is 0.140. The molecule has 1 aliphatic rings. The number of hydrogen-bond donors (Lipinski definition) is 2. The number of amides is 3. The molecule has 1 aliphatic heterocycles. The first-order chi connectivity index (χ1) is 14.6. The van der Waals surface area contributed by atoms with Crippen LogP contribution in [0, 0.1) is 6.92 Å². The van der Waals surface area contributed by atoms with Crippen molar-refractivity contribution < 1.29 is 9.59 Å². The van der Waals surface area contributed by atoms with E-state index in [1.54, 1.807) is 23.1 Å². The van der Waals surface area contributed by atoms with Crippen LogP contribution >= 0.6 is 0 Å². The highest BCUT2D eigenvalue weighted by Gasteiger charge is 2.19. The lowest BCUT2D eigenvalue weighted by Gasteiger charge is -2.18. The highest BCUT2D eigenvalue weighted by atomic mass is 16.2. The van der Waals surface area contributed by atoms with Crippen LogP contribution in [0.1, 0.15) is 28.9 Å². The van der Waals surface area contributed by atoms with Gasteiger partial charge in [0.1, 0.15) is 0 Å². The van der Waals surface area contributed by atoms with E-state index in [0.29, 0.717) is 22.6 Å². The maximum atomic E-state index is 12.9. The molecule has 30 heavy (non-hydrogen) atoms. The maximum absolute atomic E-state index is 12.9. The Bertz CT molecular complexity index is 1060. The zero-order chi connectivity index (χ0) is 20.9. The fourth-order valence-electron chi connectivity index (χ4n) is 3.58. The van der Waals surface area contributed by atoms with Crippen LogP contribution in [-0.2, 0) is 0 Å². The van der Waals surface area contributed by atoms with E-state index in [1.165, 1.54) is 0 Å². The first kappa shape index (κ1) is 19.6. The molecule has 0 saturated carbocycles. The van der Waals surface area contributed by atoms with Crippen LogP contribution in [0.5, 0.6) is 0 Å². The molecular weight excluding hydrogens is 376 g/mol. The fourth-order valence-corrected chi connectivity index (χ4v) is 3.58. The van der Waals surface area contributed by atoms with E-state index in [9.17, 15) is 9.59 Å². The quantitative estimate of drug-likeness (QED) is 0.652. The van der Waals surface area contributed by atoms with E-state index in [4.69, 9.17) is 0 Å². The van der Waals surface area contributed by atoms with Crippen molar-refractivity contribution in [1.82, 2.24) is 9.88 Å². The van der Waals surface area contributed by atoms with E-state index >= 15 is 0 Å². The number of nitrogens with one attached hydrogen (secondary N) is 2. The zero-order valence-electron chi connectivity index (χ0n) is 16.9. The second-order valence-electron chi connectivity index (χ2n) is 7.32. The molecule has 3 aromatic rings. The number of aryl methyl sites for hydroxylation is 1. The number of hydrogen-bond acceptors (Lipinski definition) is 3. The van der Waals surface area contributed by atoms with E-state index < -0.39 is 0 Å². The summed E-state index contributed by atoms with van der Waals surface area (Å²) >= 11 is 0. The van der Waals surface area contributed by atoms with Gasteiger partial charge in [-0.15, -0.1) is 0 Å². The Labute approximate surface area is 175 Å². The fraction of sp³-hybridized carbons (Fsp3) is 0.208. The van der Waals surface area contributed by atoms with E-state index in [-0.39, 0.29) is 11.9 Å². The van der Waals surface area contributed by atoms with Gasteiger partial charge in [0.2, 0.25) is 0 Å². The normalized spacial score (nSPS) is 13.2. The average Bonchev–Trinajstić information content (AvgIpc) is 3.31. The predicted octanol–water partition coefficient (Wildman–Crippen LogP) is 4.94. The van der Waals surface area contributed by atoms with Crippen molar-refractivity contribution in [2.24, 2.45) is 0 Å². The number of rotatable bonds is 4. The van der Waals surface area contributed by atoms with Gasteiger partial charge in [0, 0.05) is 18.7 Å². The number of urea groups is 1. The van der Waals surface area contributed by atoms with Crippen LogP contribution in [0.15, 0.2) is 66.7 Å². The minimum Gasteiger partial charge on any atom is -0.325 e. The van der Waals surface area contributed by atoms with Gasteiger partial charge >= 0.3 is 6.03 Å². The Kier molecular flexibility index (Phi) is 5.75. The summed E-state index contributed by atoms with van der Waals surface area (Å²) in [4.78, 5) is 31.7. The lowest BCUT2D eigenvalue weighted by atomic mass is 10.1. The lowest BCUT2D eigenvalue weighted by Crippen LogP contribution is -2.32. The van der Waals surface area contributed by atoms with Crippen molar-refractivity contribution in [3.05, 3.63) is 78.0 Å². The van der Waals surface area contributed by atoms with Gasteiger partial charge in [-0.2, -0.15) is 0 Å². The summed E-state index contributed by atoms with van der Waals surface area (Å²) in [7, 11) is 0. The lowest BCUT2D eigenvalue weighted by molar-refractivity contribution is 0.102. The third kappa shape index (κ3) is 4.33. The highest BCUT2D eigenvalue weighted by Crippen LogP contribution is 2.24. The van der Waals surface area contributed by atoms with E-state index in [2.05, 4.69) is 15.6 Å². The summed E-state index contributed by atoms with van der Waals surface area (Å²) in [6.07, 6.45) is 2.05. The van der Waals surface area contributed by atoms with Crippen LogP contribution in [0.25, 0.3) is 11.3 Å². The van der Waals surface area contributed by atoms with Gasteiger partial charge in [-0.05, 0) is 44.0 Å². The molecule has 2 N–H and O–H groups in total. The summed E-state index contributed by atoms with van der Waals surface area (Å²) in [6.45, 7) is 3.35. The Morgan fingerprint density at radius 2 is 1.47 bits per heavy atom. The van der Waals surface area contributed by atoms with Gasteiger partial charge in [0.25, 0.3) is 5.91 Å². The van der Waals surface area contributed by atoms with Crippen molar-refractivity contribution in [3.8, 4) is 11.3 Å². The van der Waals surface area contributed by atoms with Crippen molar-refractivity contribution in [2.45, 2.75) is 19.8 Å². The van der Waals surface area contributed by atoms with E-state index in [1.807, 2.05) is 55.5 Å². The number of aromatic nitrogens is 1. The van der Waals surface area contributed by atoms with Crippen molar-refractivity contribution in [1.29, 1.82) is 0 Å². The van der Waals surface area contributed by atoms with Crippen LogP contribution < -0.4 is 10.6 Å². The molecule has 0 spiro atoms. The molecule has 3 amide bonds. The Balaban J connectivity index is 1.51. The van der Waals surface area contributed by atoms with Crippen molar-refractivity contribution in [3.63, 3.8) is 0 Å². The van der Waals surface area contributed by atoms with E-state index in [0.717, 1.165) is 37.2 Å². The van der Waals surface area contributed by atoms with Crippen molar-refractivity contribution in [2.75, 3.05) is 23.7 Å². The standard InChI is InChI=1S/C24H24N4O2/c1-17-19(13-14-20(25-17)18-9-3-2-4-10-18)23(29)26-21-11-5-6-12-22(21)27-24(30)28-15-7-8-16-28/h2-6,9-14H,7-8,15-16H2,1H3,(H,26,29)(H,27,30). The smallest absolute Gasteiger partial charge is 0.321 e. The van der Waals surface area contributed by atoms with Gasteiger partial charge in [0.15, 0.2) is 0 Å². The molecule has 0 bridgehead atoms. The molecule has 4 rings (SSSR count). The summed E-state index contributed by atoms with van der Waals surface area (Å²) < 4.78 is 0. The van der Waals surface area contributed by atoms with Gasteiger partial charge in [-0.3, -0.25) is 9.78 Å². The molecule has 1 fully saturated rings. The minimum atomic E-state index is -0.262. The molecule has 0 aliphatic carbocycles. The second-order valence-corrected chi connectivity index (χ2v) is 7.32. The first-order valence-corrected chi connectivity index (χ1v) is 10.1. The van der Waals surface area contributed by atoms with Crippen LogP contribution in [0.3, 0.4) is 0 Å². The topological polar surface area (TPSA) is 74.3 Å². The number of carbonyl (C=O) groups excluding carboxylic acids is 2. The molecule has 0 unspecified atom stereocenters. The number of anilines is 2. The van der Waals surface area contributed by atoms with Gasteiger partial charge < -0.3 is 15.5 Å². The second kappa shape index (κ2) is 8.78. The summed E-state index contributed by atoms with van der Waals surface area (Å²) in [5.74, 6) is -0.262. The molecule has 6 heteroatoms. The molecule has 152 valence electrons. The summed E-state index contributed by atoms with van der Waals surface area (Å²) in [6, 6.07) is 20.6. The van der Waals surface area contributed by atoms with Gasteiger partial charge in [-0.25, -0.2) is 4.79 Å². The molecule has 2 aromatic carbocycles. The molecule has 6 nitrogen and oxygen atoms in total. The third-order valence-corrected chi connectivity index (χ3v) is 5.21. The highest BCUT2D eigenvalue weighted by molar-refractivity contribution is 6.07. The largest absolute Gasteiger partial charge is 0.325 e. The Morgan fingerprint density at radius 3 is 2.13 bits per heavy atom. The number of nitrogens with zero attached hydrogens (tertiary/aromatic N) is 2. The number of carbonyl (C=O) groups is 2. The molecule has 1 saturated heterocycles. The average molecular weight is 400 g/mol. The SMILES string of the molecule is Cc1nc(-c2ccccc2)ccc1C(=O)Nc1ccccc1NC(=O)N1CCCC1. The number of pyridine rings is 1. The zero-order valence-corrected chi connectivity index (χ0v) is 16.9. The molecule has 0 atom stereocenters. The van der Waals surface area contributed by atoms with Gasteiger partial charge in [-0.1, -0.05) is 42.5 Å².